The van der Waals surface area contributed by atoms with E-state index in [9.17, 15) is 14.4 Å². The smallest absolute Gasteiger partial charge is 0.436 e. The Morgan fingerprint density at radius 1 is 1.00 bits per heavy atom. The monoisotopic (exact) mass is 271 g/mol. The summed E-state index contributed by atoms with van der Waals surface area (Å²) in [5, 5.41) is 1.76. The van der Waals surface area contributed by atoms with Crippen molar-refractivity contribution < 1.29 is 24.0 Å². The number of hydroxylamine groups is 2. The van der Waals surface area contributed by atoms with Crippen molar-refractivity contribution in [2.24, 2.45) is 0 Å². The largest absolute Gasteiger partial charge is 0.533 e. The molecule has 0 unspecified atom stereocenters. The number of ether oxygens (including phenoxy) is 1. The van der Waals surface area contributed by atoms with Crippen LogP contribution in [0.25, 0.3) is 10.8 Å². The SMILES string of the molecule is COC(=O)ON1C(=O)c2cccc3cccc(c23)C1=O. The number of methoxy groups -OCH3 is 1. The summed E-state index contributed by atoms with van der Waals surface area (Å²) in [6, 6.07) is 10.2. The van der Waals surface area contributed by atoms with E-state index in [0.29, 0.717) is 21.6 Å². The van der Waals surface area contributed by atoms with Gasteiger partial charge in [-0.2, -0.15) is 0 Å². The molecule has 1 aliphatic rings. The fourth-order valence-electron chi connectivity index (χ4n) is 2.20. The summed E-state index contributed by atoms with van der Waals surface area (Å²) in [7, 11) is 1.09. The summed E-state index contributed by atoms with van der Waals surface area (Å²) in [5.41, 5.74) is 0.614. The molecule has 0 N–H and O–H groups in total. The molecule has 0 aliphatic carbocycles. The van der Waals surface area contributed by atoms with Crippen molar-refractivity contribution in [3.63, 3.8) is 0 Å². The van der Waals surface area contributed by atoms with Crippen LogP contribution in [0.5, 0.6) is 0 Å². The van der Waals surface area contributed by atoms with Gasteiger partial charge in [0.2, 0.25) is 0 Å². The van der Waals surface area contributed by atoms with Crippen LogP contribution in [0, 0.1) is 0 Å². The van der Waals surface area contributed by atoms with E-state index in [1.54, 1.807) is 36.4 Å². The molecule has 6 heteroatoms. The molecule has 0 radical (unpaired) electrons. The highest BCUT2D eigenvalue weighted by molar-refractivity contribution is 6.25. The Hall–Kier alpha value is -2.89. The van der Waals surface area contributed by atoms with Gasteiger partial charge in [0.05, 0.1) is 18.2 Å². The standard InChI is InChI=1S/C14H9NO5/c1-19-14(18)20-15-12(16)9-6-2-4-8-5-3-7-10(11(8)9)13(15)17/h2-7H,1H3. The molecule has 0 atom stereocenters. The summed E-state index contributed by atoms with van der Waals surface area (Å²) < 4.78 is 4.30. The van der Waals surface area contributed by atoms with Gasteiger partial charge in [0.25, 0.3) is 11.8 Å². The minimum atomic E-state index is -1.13. The first-order valence-corrected chi connectivity index (χ1v) is 5.80. The molecular weight excluding hydrogens is 262 g/mol. The third kappa shape index (κ3) is 1.62. The van der Waals surface area contributed by atoms with E-state index >= 15 is 0 Å². The Morgan fingerprint density at radius 2 is 1.55 bits per heavy atom. The van der Waals surface area contributed by atoms with E-state index in [4.69, 9.17) is 0 Å². The van der Waals surface area contributed by atoms with Gasteiger partial charge >= 0.3 is 6.16 Å². The van der Waals surface area contributed by atoms with E-state index in [1.807, 2.05) is 0 Å². The zero-order valence-electron chi connectivity index (χ0n) is 10.5. The van der Waals surface area contributed by atoms with E-state index in [2.05, 4.69) is 9.57 Å². The Morgan fingerprint density at radius 3 is 2.05 bits per heavy atom. The molecular formula is C14H9NO5. The van der Waals surface area contributed by atoms with Gasteiger partial charge in [-0.3, -0.25) is 14.4 Å². The Kier molecular flexibility index (Phi) is 2.64. The molecule has 100 valence electrons. The predicted molar refractivity (Wildman–Crippen MR) is 67.9 cm³/mol. The van der Waals surface area contributed by atoms with Crippen molar-refractivity contribution in [1.29, 1.82) is 0 Å². The number of hydrogen-bond acceptors (Lipinski definition) is 5. The van der Waals surface area contributed by atoms with Gasteiger partial charge < -0.3 is 4.74 Å². The van der Waals surface area contributed by atoms with Gasteiger partial charge in [-0.25, -0.2) is 4.79 Å². The average molecular weight is 271 g/mol. The number of nitrogens with zero attached hydrogens (tertiary/aromatic N) is 1. The Balaban J connectivity index is 2.19. The quantitative estimate of drug-likeness (QED) is 0.587. The van der Waals surface area contributed by atoms with Crippen molar-refractivity contribution in [3.05, 3.63) is 47.5 Å². The summed E-state index contributed by atoms with van der Waals surface area (Å²) in [6.07, 6.45) is -1.13. The third-order valence-corrected chi connectivity index (χ3v) is 3.07. The van der Waals surface area contributed by atoms with Crippen LogP contribution in [0.4, 0.5) is 4.79 Å². The van der Waals surface area contributed by atoms with E-state index in [-0.39, 0.29) is 0 Å². The minimum absolute atomic E-state index is 0.307. The molecule has 0 spiro atoms. The van der Waals surface area contributed by atoms with Crippen LogP contribution in [0.2, 0.25) is 0 Å². The van der Waals surface area contributed by atoms with Gasteiger partial charge in [0.15, 0.2) is 0 Å². The first-order valence-electron chi connectivity index (χ1n) is 5.80. The van der Waals surface area contributed by atoms with Crippen LogP contribution in [-0.4, -0.2) is 30.1 Å². The zero-order valence-corrected chi connectivity index (χ0v) is 10.5. The van der Waals surface area contributed by atoms with E-state index in [1.165, 1.54) is 0 Å². The molecule has 1 aliphatic heterocycles. The van der Waals surface area contributed by atoms with Gasteiger partial charge in [-0.15, -0.1) is 0 Å². The molecule has 2 aromatic carbocycles. The van der Waals surface area contributed by atoms with Crippen LogP contribution in [-0.2, 0) is 9.57 Å². The maximum atomic E-state index is 12.2. The first-order chi connectivity index (χ1) is 9.63. The topological polar surface area (TPSA) is 72.9 Å². The maximum Gasteiger partial charge on any atom is 0.533 e. The van der Waals surface area contributed by atoms with Crippen molar-refractivity contribution in [2.45, 2.75) is 0 Å². The normalized spacial score (nSPS) is 13.6. The highest BCUT2D eigenvalue weighted by Crippen LogP contribution is 2.30. The second-order valence-electron chi connectivity index (χ2n) is 4.16. The predicted octanol–water partition coefficient (Wildman–Crippen LogP) is 2.13. The lowest BCUT2D eigenvalue weighted by Crippen LogP contribution is -2.41. The molecule has 0 aromatic heterocycles. The fourth-order valence-corrected chi connectivity index (χ4v) is 2.20. The number of carbonyl (C=O) groups is 3. The first kappa shape index (κ1) is 12.2. The van der Waals surface area contributed by atoms with E-state index in [0.717, 1.165) is 12.5 Å². The minimum Gasteiger partial charge on any atom is -0.436 e. The number of imide groups is 1. The average Bonchev–Trinajstić information content (AvgIpc) is 2.48. The highest BCUT2D eigenvalue weighted by Gasteiger charge is 2.36. The van der Waals surface area contributed by atoms with Gasteiger partial charge in [-0.1, -0.05) is 29.3 Å². The number of rotatable bonds is 1. The van der Waals surface area contributed by atoms with Crippen molar-refractivity contribution in [2.75, 3.05) is 7.11 Å². The van der Waals surface area contributed by atoms with Crippen LogP contribution in [0.3, 0.4) is 0 Å². The molecule has 0 bridgehead atoms. The molecule has 0 fully saturated rings. The molecule has 3 rings (SSSR count). The van der Waals surface area contributed by atoms with Crippen molar-refractivity contribution in [1.82, 2.24) is 5.06 Å². The van der Waals surface area contributed by atoms with Crippen LogP contribution in [0.1, 0.15) is 20.7 Å². The van der Waals surface area contributed by atoms with Crippen LogP contribution in [0.15, 0.2) is 36.4 Å². The highest BCUT2D eigenvalue weighted by atomic mass is 16.8. The fraction of sp³-hybridized carbons (Fsp3) is 0.0714. The maximum absolute atomic E-state index is 12.2. The number of hydrogen-bond donors (Lipinski definition) is 0. The van der Waals surface area contributed by atoms with Gasteiger partial charge in [0, 0.05) is 5.39 Å². The lowest BCUT2D eigenvalue weighted by Gasteiger charge is -2.24. The lowest BCUT2D eigenvalue weighted by atomic mass is 9.95. The van der Waals surface area contributed by atoms with Crippen LogP contribution < -0.4 is 0 Å². The second-order valence-corrected chi connectivity index (χ2v) is 4.16. The summed E-state index contributed by atoms with van der Waals surface area (Å²) in [6.45, 7) is 0. The van der Waals surface area contributed by atoms with E-state index < -0.39 is 18.0 Å². The molecule has 20 heavy (non-hydrogen) atoms. The Bertz CT molecular complexity index is 702. The van der Waals surface area contributed by atoms with Gasteiger partial charge in [-0.05, 0) is 17.5 Å². The second kappa shape index (κ2) is 4.34. The van der Waals surface area contributed by atoms with Gasteiger partial charge in [0.1, 0.15) is 0 Å². The molecule has 0 saturated heterocycles. The van der Waals surface area contributed by atoms with Crippen LogP contribution >= 0.6 is 0 Å². The summed E-state index contributed by atoms with van der Waals surface area (Å²) in [5.74, 6) is -1.38. The van der Waals surface area contributed by atoms with Crippen molar-refractivity contribution >= 4 is 28.7 Å². The van der Waals surface area contributed by atoms with Crippen molar-refractivity contribution in [3.8, 4) is 0 Å². The molecule has 2 amide bonds. The Labute approximate surface area is 113 Å². The summed E-state index contributed by atoms with van der Waals surface area (Å²) >= 11 is 0. The number of benzene rings is 2. The third-order valence-electron chi connectivity index (χ3n) is 3.07. The molecule has 2 aromatic rings. The molecule has 0 saturated carbocycles. The lowest BCUT2D eigenvalue weighted by molar-refractivity contribution is -0.0726. The summed E-state index contributed by atoms with van der Waals surface area (Å²) in [4.78, 5) is 40.2. The number of carbonyl (C=O) groups excluding carboxylic acids is 3. The molecule has 1 heterocycles. The zero-order chi connectivity index (χ0) is 14.3. The number of amides is 2. The molecule has 6 nitrogen and oxygen atoms in total.